The molecule has 0 bridgehead atoms. The molecule has 0 aliphatic carbocycles. The minimum absolute atomic E-state index is 0.00593. The molecule has 0 unspecified atom stereocenters. The summed E-state index contributed by atoms with van der Waals surface area (Å²) in [4.78, 5) is 11.1. The van der Waals surface area contributed by atoms with Gasteiger partial charge in [0, 0.05) is 11.1 Å². The molecule has 1 aromatic carbocycles. The molecule has 1 rings (SSSR count). The van der Waals surface area contributed by atoms with Crippen molar-refractivity contribution in [1.82, 2.24) is 0 Å². The highest BCUT2D eigenvalue weighted by Crippen LogP contribution is 2.05. The van der Waals surface area contributed by atoms with Crippen molar-refractivity contribution in [2.45, 2.75) is 0 Å². The van der Waals surface area contributed by atoms with E-state index in [1.807, 2.05) is 0 Å². The summed E-state index contributed by atoms with van der Waals surface area (Å²) in [7, 11) is 0. The van der Waals surface area contributed by atoms with Crippen molar-refractivity contribution in [3.05, 3.63) is 35.4 Å². The van der Waals surface area contributed by atoms with Crippen LogP contribution in [0.3, 0.4) is 0 Å². The molecule has 1 aromatic rings. The van der Waals surface area contributed by atoms with Gasteiger partial charge in [-0.05, 0) is 12.1 Å². The van der Waals surface area contributed by atoms with Gasteiger partial charge in [0.1, 0.15) is 0 Å². The fourth-order valence-corrected chi connectivity index (χ4v) is 1.01. The fraction of sp³-hybridized carbons (Fsp3) is 0.100. The van der Waals surface area contributed by atoms with E-state index in [2.05, 4.69) is 5.92 Å². The van der Waals surface area contributed by atoms with Crippen LogP contribution in [-0.2, 0) is 0 Å². The average molecular weight is 179 g/mol. The highest BCUT2D eigenvalue weighted by Gasteiger charge is 2.02. The lowest BCUT2D eigenvalue weighted by Crippen LogP contribution is -1.99. The summed E-state index contributed by atoms with van der Waals surface area (Å²) in [5.74, 6) is 2.34. The van der Waals surface area contributed by atoms with Gasteiger partial charge < -0.3 is 0 Å². The quantitative estimate of drug-likeness (QED) is 0.385. The largest absolute Gasteiger partial charge is 0.293 e. The number of rotatable bonds is 2. The van der Waals surface area contributed by atoms with Crippen LogP contribution in [-0.4, -0.2) is 11.7 Å². The van der Waals surface area contributed by atoms with Crippen LogP contribution in [0, 0.1) is 12.3 Å². The van der Waals surface area contributed by atoms with E-state index in [1.54, 1.807) is 24.3 Å². The van der Waals surface area contributed by atoms with Crippen molar-refractivity contribution in [3.63, 3.8) is 0 Å². The first kappa shape index (κ1) is 8.83. The van der Waals surface area contributed by atoms with E-state index < -0.39 is 0 Å². The highest BCUT2D eigenvalue weighted by molar-refractivity contribution is 6.30. The maximum absolute atomic E-state index is 11.1. The van der Waals surface area contributed by atoms with Crippen molar-refractivity contribution >= 4 is 17.4 Å². The summed E-state index contributed by atoms with van der Waals surface area (Å²) < 4.78 is 0. The molecule has 2 heteroatoms. The summed E-state index contributed by atoms with van der Waals surface area (Å²) in [5, 5.41) is 0. The molecule has 0 amide bonds. The molecule has 0 spiro atoms. The predicted octanol–water partition coefficient (Wildman–Crippen LogP) is 2.09. The molecule has 0 radical (unpaired) electrons. The van der Waals surface area contributed by atoms with Gasteiger partial charge in [0.15, 0.2) is 5.78 Å². The van der Waals surface area contributed by atoms with Crippen LogP contribution in [0.2, 0.25) is 0 Å². The third kappa shape index (κ3) is 1.87. The maximum Gasteiger partial charge on any atom is 0.177 e. The minimum Gasteiger partial charge on any atom is -0.293 e. The zero-order valence-corrected chi connectivity index (χ0v) is 7.14. The fourth-order valence-electron chi connectivity index (χ4n) is 0.860. The molecule has 0 atom stereocenters. The first-order valence-electron chi connectivity index (χ1n) is 3.43. The molecule has 0 aliphatic rings. The lowest BCUT2D eigenvalue weighted by molar-refractivity contribution is 0.102. The number of carbonyl (C=O) groups excluding carboxylic acids is 1. The van der Waals surface area contributed by atoms with Gasteiger partial charge in [0.05, 0.1) is 5.88 Å². The van der Waals surface area contributed by atoms with Crippen LogP contribution < -0.4 is 0 Å². The van der Waals surface area contributed by atoms with Gasteiger partial charge in [0.2, 0.25) is 0 Å². The van der Waals surface area contributed by atoms with Crippen molar-refractivity contribution < 1.29 is 4.79 Å². The molecule has 12 heavy (non-hydrogen) atoms. The SMILES string of the molecule is C#Cc1cccc(C(=O)CCl)c1. The van der Waals surface area contributed by atoms with Gasteiger partial charge in [-0.3, -0.25) is 4.79 Å². The van der Waals surface area contributed by atoms with Gasteiger partial charge in [-0.2, -0.15) is 0 Å². The van der Waals surface area contributed by atoms with Crippen molar-refractivity contribution in [3.8, 4) is 12.3 Å². The van der Waals surface area contributed by atoms with Gasteiger partial charge in [0.25, 0.3) is 0 Å². The Balaban J connectivity index is 3.04. The molecular formula is C10H7ClO. The van der Waals surface area contributed by atoms with Crippen LogP contribution in [0.4, 0.5) is 0 Å². The normalized spacial score (nSPS) is 9.00. The number of hydrogen-bond acceptors (Lipinski definition) is 1. The third-order valence-corrected chi connectivity index (χ3v) is 1.72. The van der Waals surface area contributed by atoms with Crippen LogP contribution in [0.1, 0.15) is 15.9 Å². The Kier molecular flexibility index (Phi) is 2.90. The van der Waals surface area contributed by atoms with Crippen LogP contribution in [0.15, 0.2) is 24.3 Å². The molecular weight excluding hydrogens is 172 g/mol. The number of Topliss-reactive ketones (excluding diaryl/α,β-unsaturated/α-hetero) is 1. The van der Waals surface area contributed by atoms with Gasteiger partial charge in [-0.15, -0.1) is 18.0 Å². The van der Waals surface area contributed by atoms with E-state index in [0.29, 0.717) is 11.1 Å². The Morgan fingerprint density at radius 2 is 2.33 bits per heavy atom. The molecule has 0 saturated heterocycles. The number of hydrogen-bond donors (Lipinski definition) is 0. The van der Waals surface area contributed by atoms with E-state index in [1.165, 1.54) is 0 Å². The van der Waals surface area contributed by atoms with E-state index in [-0.39, 0.29) is 11.7 Å². The van der Waals surface area contributed by atoms with Gasteiger partial charge in [-0.1, -0.05) is 18.1 Å². The molecule has 0 aliphatic heterocycles. The molecule has 0 saturated carbocycles. The van der Waals surface area contributed by atoms with Crippen LogP contribution in [0.5, 0.6) is 0 Å². The zero-order valence-electron chi connectivity index (χ0n) is 6.38. The standard InChI is InChI=1S/C10H7ClO/c1-2-8-4-3-5-9(6-8)10(12)7-11/h1,3-6H,7H2. The number of terminal acetylenes is 1. The first-order valence-corrected chi connectivity index (χ1v) is 3.97. The number of ketones is 1. The smallest absolute Gasteiger partial charge is 0.177 e. The van der Waals surface area contributed by atoms with E-state index >= 15 is 0 Å². The Bertz CT molecular complexity index is 336. The monoisotopic (exact) mass is 178 g/mol. The summed E-state index contributed by atoms with van der Waals surface area (Å²) >= 11 is 5.38. The van der Waals surface area contributed by atoms with Crippen molar-refractivity contribution in [2.75, 3.05) is 5.88 Å². The minimum atomic E-state index is -0.103. The summed E-state index contributed by atoms with van der Waals surface area (Å²) in [6, 6.07) is 6.87. The zero-order chi connectivity index (χ0) is 8.97. The second kappa shape index (κ2) is 3.94. The number of halogens is 1. The topological polar surface area (TPSA) is 17.1 Å². The number of alkyl halides is 1. The van der Waals surface area contributed by atoms with Gasteiger partial charge >= 0.3 is 0 Å². The van der Waals surface area contributed by atoms with Crippen LogP contribution >= 0.6 is 11.6 Å². The lowest BCUT2D eigenvalue weighted by atomic mass is 10.1. The van der Waals surface area contributed by atoms with Crippen molar-refractivity contribution in [1.29, 1.82) is 0 Å². The summed E-state index contributed by atoms with van der Waals surface area (Å²) in [6.07, 6.45) is 5.17. The van der Waals surface area contributed by atoms with E-state index in [0.717, 1.165) is 0 Å². The molecule has 0 heterocycles. The Morgan fingerprint density at radius 3 is 2.92 bits per heavy atom. The molecule has 1 nitrogen and oxygen atoms in total. The second-order valence-electron chi connectivity index (χ2n) is 2.28. The molecule has 0 N–H and O–H groups in total. The number of carbonyl (C=O) groups is 1. The van der Waals surface area contributed by atoms with E-state index in [4.69, 9.17) is 18.0 Å². The average Bonchev–Trinajstić information content (AvgIpc) is 2.17. The maximum atomic E-state index is 11.1. The highest BCUT2D eigenvalue weighted by atomic mass is 35.5. The lowest BCUT2D eigenvalue weighted by Gasteiger charge is -1.96. The van der Waals surface area contributed by atoms with Crippen LogP contribution in [0.25, 0.3) is 0 Å². The summed E-state index contributed by atoms with van der Waals surface area (Å²) in [6.45, 7) is 0. The molecule has 60 valence electrons. The third-order valence-electron chi connectivity index (χ3n) is 1.47. The molecule has 0 fully saturated rings. The Morgan fingerprint density at radius 1 is 1.58 bits per heavy atom. The van der Waals surface area contributed by atoms with Gasteiger partial charge in [-0.25, -0.2) is 0 Å². The Hall–Kier alpha value is -1.26. The molecule has 0 aromatic heterocycles. The predicted molar refractivity (Wildman–Crippen MR) is 49.4 cm³/mol. The second-order valence-corrected chi connectivity index (χ2v) is 2.55. The first-order chi connectivity index (χ1) is 5.77. The van der Waals surface area contributed by atoms with Crippen molar-refractivity contribution in [2.24, 2.45) is 0 Å². The number of benzene rings is 1. The Labute approximate surface area is 76.4 Å². The van der Waals surface area contributed by atoms with E-state index in [9.17, 15) is 4.79 Å². The summed E-state index contributed by atoms with van der Waals surface area (Å²) in [5.41, 5.74) is 1.27.